The Labute approximate surface area is 148 Å². The van der Waals surface area contributed by atoms with E-state index in [-0.39, 0.29) is 11.9 Å². The Kier molecular flexibility index (Phi) is 4.55. The number of carbonyl (C=O) groups excluding carboxylic acids is 1. The second-order valence-electron chi connectivity index (χ2n) is 7.54. The lowest BCUT2D eigenvalue weighted by Crippen LogP contribution is -2.35. The highest BCUT2D eigenvalue weighted by molar-refractivity contribution is 6.07. The molecule has 25 heavy (non-hydrogen) atoms. The quantitative estimate of drug-likeness (QED) is 0.930. The van der Waals surface area contributed by atoms with Crippen molar-refractivity contribution in [1.29, 1.82) is 0 Å². The van der Waals surface area contributed by atoms with Crippen LogP contribution in [0.25, 0.3) is 10.8 Å². The van der Waals surface area contributed by atoms with Gasteiger partial charge < -0.3 is 10.2 Å². The van der Waals surface area contributed by atoms with Gasteiger partial charge >= 0.3 is 0 Å². The molecule has 2 heterocycles. The Morgan fingerprint density at radius 3 is 2.44 bits per heavy atom. The molecule has 132 valence electrons. The summed E-state index contributed by atoms with van der Waals surface area (Å²) in [5, 5.41) is 13.9. The molecule has 1 amide bonds. The maximum atomic E-state index is 12.7. The van der Waals surface area contributed by atoms with Gasteiger partial charge in [-0.1, -0.05) is 44.0 Å². The Hall–Kier alpha value is -2.17. The molecule has 0 unspecified atom stereocenters. The zero-order chi connectivity index (χ0) is 17.2. The summed E-state index contributed by atoms with van der Waals surface area (Å²) in [4.78, 5) is 15.0. The van der Waals surface area contributed by atoms with Crippen LogP contribution in [-0.2, 0) is 0 Å². The first-order chi connectivity index (χ1) is 12.2. The minimum atomic E-state index is -0.0885. The van der Waals surface area contributed by atoms with Crippen molar-refractivity contribution in [1.82, 2.24) is 15.5 Å². The fraction of sp³-hybridized carbons (Fsp3) is 0.550. The van der Waals surface area contributed by atoms with Gasteiger partial charge in [0.25, 0.3) is 5.91 Å². The third kappa shape index (κ3) is 3.32. The van der Waals surface area contributed by atoms with Gasteiger partial charge in [0.05, 0.1) is 0 Å². The summed E-state index contributed by atoms with van der Waals surface area (Å²) >= 11 is 0. The van der Waals surface area contributed by atoms with Gasteiger partial charge in [0.2, 0.25) is 0 Å². The second kappa shape index (κ2) is 6.98. The number of nitrogens with one attached hydrogen (secondary N) is 1. The van der Waals surface area contributed by atoms with Gasteiger partial charge in [0.15, 0.2) is 11.5 Å². The Balaban J connectivity index is 1.65. The van der Waals surface area contributed by atoms with E-state index in [0.29, 0.717) is 5.69 Å². The second-order valence-corrected chi connectivity index (χ2v) is 7.54. The predicted octanol–water partition coefficient (Wildman–Crippen LogP) is 3.54. The summed E-state index contributed by atoms with van der Waals surface area (Å²) in [6, 6.07) is 8.32. The van der Waals surface area contributed by atoms with Gasteiger partial charge in [-0.15, -0.1) is 10.2 Å². The highest BCUT2D eigenvalue weighted by atomic mass is 16.2. The number of anilines is 1. The average molecular weight is 338 g/mol. The van der Waals surface area contributed by atoms with E-state index in [0.717, 1.165) is 48.4 Å². The van der Waals surface area contributed by atoms with Crippen molar-refractivity contribution in [2.24, 2.45) is 5.92 Å². The molecule has 2 fully saturated rings. The molecule has 0 atom stereocenters. The number of hydrogen-bond donors (Lipinski definition) is 1. The average Bonchev–Trinajstić information content (AvgIpc) is 3.14. The summed E-state index contributed by atoms with van der Waals surface area (Å²) in [5.41, 5.74) is 0.455. The fourth-order valence-electron chi connectivity index (χ4n) is 4.04. The summed E-state index contributed by atoms with van der Waals surface area (Å²) in [5.74, 6) is 1.60. The molecule has 1 aliphatic carbocycles. The van der Waals surface area contributed by atoms with Crippen molar-refractivity contribution >= 4 is 22.5 Å². The molecule has 1 aliphatic heterocycles. The van der Waals surface area contributed by atoms with Crippen LogP contribution in [0.1, 0.15) is 55.9 Å². The number of carbonyl (C=O) groups is 1. The van der Waals surface area contributed by atoms with E-state index in [4.69, 9.17) is 0 Å². The number of amides is 1. The zero-order valence-electron chi connectivity index (χ0n) is 14.9. The van der Waals surface area contributed by atoms with Gasteiger partial charge in [-0.05, 0) is 31.6 Å². The summed E-state index contributed by atoms with van der Waals surface area (Å²) in [6.45, 7) is 4.32. The maximum absolute atomic E-state index is 12.7. The van der Waals surface area contributed by atoms with Crippen molar-refractivity contribution in [2.45, 2.75) is 51.5 Å². The van der Waals surface area contributed by atoms with E-state index in [2.05, 4.69) is 33.4 Å². The monoisotopic (exact) mass is 338 g/mol. The number of hydrogen-bond acceptors (Lipinski definition) is 4. The van der Waals surface area contributed by atoms with E-state index >= 15 is 0 Å². The largest absolute Gasteiger partial charge is 0.355 e. The SMILES string of the molecule is CC1CCN(c2nnc(C(=O)NC3CCCC3)c3ccccc23)CC1. The number of piperidine rings is 1. The van der Waals surface area contributed by atoms with Crippen molar-refractivity contribution < 1.29 is 4.79 Å². The zero-order valence-corrected chi connectivity index (χ0v) is 14.9. The number of benzene rings is 1. The molecule has 1 aromatic heterocycles. The standard InChI is InChI=1S/C20H26N4O/c1-14-10-12-24(13-11-14)19-17-9-5-4-8-16(17)18(22-23-19)20(25)21-15-6-2-3-7-15/h4-5,8-9,14-15H,2-3,6-7,10-13H2,1H3,(H,21,25). The van der Waals surface area contributed by atoms with Gasteiger partial charge in [-0.25, -0.2) is 0 Å². The molecule has 5 heteroatoms. The maximum Gasteiger partial charge on any atom is 0.272 e. The molecule has 1 N–H and O–H groups in total. The van der Waals surface area contributed by atoms with E-state index in [9.17, 15) is 4.79 Å². The third-order valence-corrected chi connectivity index (χ3v) is 5.66. The minimum Gasteiger partial charge on any atom is -0.355 e. The summed E-state index contributed by atoms with van der Waals surface area (Å²) < 4.78 is 0. The van der Waals surface area contributed by atoms with E-state index in [1.54, 1.807) is 0 Å². The predicted molar refractivity (Wildman–Crippen MR) is 99.9 cm³/mol. The summed E-state index contributed by atoms with van der Waals surface area (Å²) in [6.07, 6.45) is 6.90. The highest BCUT2D eigenvalue weighted by Gasteiger charge is 2.24. The molecule has 1 saturated carbocycles. The van der Waals surface area contributed by atoms with Crippen LogP contribution in [0, 0.1) is 5.92 Å². The van der Waals surface area contributed by atoms with Gasteiger partial charge in [0, 0.05) is 29.9 Å². The lowest BCUT2D eigenvalue weighted by atomic mass is 9.99. The van der Waals surface area contributed by atoms with E-state index in [1.807, 2.05) is 18.2 Å². The molecular weight excluding hydrogens is 312 g/mol. The van der Waals surface area contributed by atoms with Gasteiger partial charge in [0.1, 0.15) is 0 Å². The summed E-state index contributed by atoms with van der Waals surface area (Å²) in [7, 11) is 0. The first kappa shape index (κ1) is 16.3. The molecule has 0 spiro atoms. The molecule has 2 aliphatic rings. The Bertz CT molecular complexity index is 761. The number of fused-ring (bicyclic) bond motifs is 1. The molecule has 1 saturated heterocycles. The van der Waals surface area contributed by atoms with Crippen LogP contribution in [0.4, 0.5) is 5.82 Å². The normalized spacial score (nSPS) is 19.5. The first-order valence-corrected chi connectivity index (χ1v) is 9.53. The highest BCUT2D eigenvalue weighted by Crippen LogP contribution is 2.29. The van der Waals surface area contributed by atoms with Crippen molar-refractivity contribution in [3.63, 3.8) is 0 Å². The van der Waals surface area contributed by atoms with E-state index < -0.39 is 0 Å². The van der Waals surface area contributed by atoms with Crippen LogP contribution in [-0.4, -0.2) is 35.2 Å². The van der Waals surface area contributed by atoms with Crippen molar-refractivity contribution in [2.75, 3.05) is 18.0 Å². The Morgan fingerprint density at radius 2 is 1.72 bits per heavy atom. The van der Waals surface area contributed by atoms with Gasteiger partial charge in [-0.2, -0.15) is 0 Å². The number of aromatic nitrogens is 2. The van der Waals surface area contributed by atoms with Crippen LogP contribution in [0.15, 0.2) is 24.3 Å². The fourth-order valence-corrected chi connectivity index (χ4v) is 4.04. The first-order valence-electron chi connectivity index (χ1n) is 9.53. The van der Waals surface area contributed by atoms with Gasteiger partial charge in [-0.3, -0.25) is 4.79 Å². The van der Waals surface area contributed by atoms with Crippen molar-refractivity contribution in [3.05, 3.63) is 30.0 Å². The topological polar surface area (TPSA) is 58.1 Å². The minimum absolute atomic E-state index is 0.0885. The Morgan fingerprint density at radius 1 is 1.04 bits per heavy atom. The smallest absolute Gasteiger partial charge is 0.272 e. The third-order valence-electron chi connectivity index (χ3n) is 5.66. The van der Waals surface area contributed by atoms with Crippen LogP contribution >= 0.6 is 0 Å². The van der Waals surface area contributed by atoms with Crippen LogP contribution in [0.3, 0.4) is 0 Å². The van der Waals surface area contributed by atoms with Crippen LogP contribution in [0.5, 0.6) is 0 Å². The van der Waals surface area contributed by atoms with Crippen LogP contribution in [0.2, 0.25) is 0 Å². The number of nitrogens with zero attached hydrogens (tertiary/aromatic N) is 3. The molecule has 0 bridgehead atoms. The van der Waals surface area contributed by atoms with Crippen molar-refractivity contribution in [3.8, 4) is 0 Å². The molecule has 2 aromatic rings. The molecule has 0 radical (unpaired) electrons. The lowest BCUT2D eigenvalue weighted by Gasteiger charge is -2.31. The van der Waals surface area contributed by atoms with Crippen LogP contribution < -0.4 is 10.2 Å². The molecule has 1 aromatic carbocycles. The molecular formula is C20H26N4O. The lowest BCUT2D eigenvalue weighted by molar-refractivity contribution is 0.0933. The van der Waals surface area contributed by atoms with E-state index in [1.165, 1.54) is 25.7 Å². The number of rotatable bonds is 3. The molecule has 5 nitrogen and oxygen atoms in total. The molecule has 4 rings (SSSR count).